The Labute approximate surface area is 166 Å². The summed E-state index contributed by atoms with van der Waals surface area (Å²) in [5.74, 6) is -0.964. The Morgan fingerprint density at radius 3 is 2.66 bits per heavy atom. The zero-order chi connectivity index (χ0) is 21.0. The molecular formula is C20H20N4O5. The lowest BCUT2D eigenvalue weighted by Crippen LogP contribution is -2.53. The first kappa shape index (κ1) is 19.9. The third-order valence-corrected chi connectivity index (χ3v) is 4.62. The minimum absolute atomic E-state index is 0.178. The van der Waals surface area contributed by atoms with Gasteiger partial charge < -0.3 is 20.7 Å². The van der Waals surface area contributed by atoms with E-state index in [1.54, 1.807) is 0 Å². The van der Waals surface area contributed by atoms with Gasteiger partial charge in [0.2, 0.25) is 5.91 Å². The predicted octanol–water partition coefficient (Wildman–Crippen LogP) is 2.40. The molecular weight excluding hydrogens is 376 g/mol. The van der Waals surface area contributed by atoms with Gasteiger partial charge in [0.1, 0.15) is 11.7 Å². The largest absolute Gasteiger partial charge is 0.496 e. The molecule has 3 rings (SSSR count). The zero-order valence-electron chi connectivity index (χ0n) is 15.7. The van der Waals surface area contributed by atoms with Crippen LogP contribution in [0.25, 0.3) is 0 Å². The zero-order valence-corrected chi connectivity index (χ0v) is 15.7. The van der Waals surface area contributed by atoms with Crippen molar-refractivity contribution >= 4 is 17.6 Å². The number of rotatable bonds is 6. The van der Waals surface area contributed by atoms with E-state index >= 15 is 0 Å². The lowest BCUT2D eigenvalue weighted by Gasteiger charge is -2.34. The van der Waals surface area contributed by atoms with Gasteiger partial charge in [-0.25, -0.2) is 4.79 Å². The van der Waals surface area contributed by atoms with Crippen LogP contribution in [0.2, 0.25) is 0 Å². The molecule has 0 aliphatic carbocycles. The molecule has 2 atom stereocenters. The highest BCUT2D eigenvalue weighted by Crippen LogP contribution is 2.37. The number of benzene rings is 2. The lowest BCUT2D eigenvalue weighted by atomic mass is 9.87. The topological polar surface area (TPSA) is 123 Å². The van der Waals surface area contributed by atoms with E-state index in [-0.39, 0.29) is 23.8 Å². The molecule has 2 aromatic carbocycles. The molecule has 0 radical (unpaired) electrons. The van der Waals surface area contributed by atoms with Gasteiger partial charge in [-0.2, -0.15) is 0 Å². The van der Waals surface area contributed by atoms with Crippen molar-refractivity contribution in [3.05, 3.63) is 82.0 Å². The van der Waals surface area contributed by atoms with Gasteiger partial charge in [0.05, 0.1) is 18.1 Å². The van der Waals surface area contributed by atoms with Crippen molar-refractivity contribution < 1.29 is 19.2 Å². The van der Waals surface area contributed by atoms with Crippen LogP contribution in [0.1, 0.15) is 17.2 Å². The fourth-order valence-corrected chi connectivity index (χ4v) is 3.23. The Morgan fingerprint density at radius 1 is 1.28 bits per heavy atom. The highest BCUT2D eigenvalue weighted by molar-refractivity contribution is 5.88. The molecule has 1 saturated heterocycles. The van der Waals surface area contributed by atoms with E-state index in [1.165, 1.54) is 25.3 Å². The van der Waals surface area contributed by atoms with Gasteiger partial charge in [0.25, 0.3) is 5.69 Å². The van der Waals surface area contributed by atoms with Crippen LogP contribution in [0.4, 0.5) is 10.5 Å². The minimum atomic E-state index is -0.896. The summed E-state index contributed by atoms with van der Waals surface area (Å²) in [4.78, 5) is 35.6. The molecule has 29 heavy (non-hydrogen) atoms. The number of hydrogen-bond donors (Lipinski definition) is 3. The van der Waals surface area contributed by atoms with Crippen molar-refractivity contribution in [3.63, 3.8) is 0 Å². The Hall–Kier alpha value is -3.88. The van der Waals surface area contributed by atoms with Crippen LogP contribution in [0.15, 0.2) is 60.8 Å². The summed E-state index contributed by atoms with van der Waals surface area (Å²) in [7, 11) is 1.41. The van der Waals surface area contributed by atoms with Crippen molar-refractivity contribution in [2.45, 2.75) is 12.6 Å². The Kier molecular flexibility index (Phi) is 5.77. The molecule has 0 spiro atoms. The normalized spacial score (nSPS) is 18.4. The highest BCUT2D eigenvalue weighted by atomic mass is 16.6. The van der Waals surface area contributed by atoms with Crippen LogP contribution < -0.4 is 20.7 Å². The van der Waals surface area contributed by atoms with E-state index in [2.05, 4.69) is 22.5 Å². The second-order valence-electron chi connectivity index (χ2n) is 6.47. The van der Waals surface area contributed by atoms with Gasteiger partial charge in [-0.1, -0.05) is 36.9 Å². The van der Waals surface area contributed by atoms with Gasteiger partial charge in [0.15, 0.2) is 0 Å². The number of non-ortho nitro benzene ring substituents is 1. The van der Waals surface area contributed by atoms with Crippen LogP contribution >= 0.6 is 0 Å². The maximum atomic E-state index is 13.0. The van der Waals surface area contributed by atoms with Crippen molar-refractivity contribution in [2.75, 3.05) is 7.11 Å². The summed E-state index contributed by atoms with van der Waals surface area (Å²) in [6.07, 6.45) is 0. The quantitative estimate of drug-likeness (QED) is 0.511. The molecule has 1 fully saturated rings. The maximum absolute atomic E-state index is 13.0. The van der Waals surface area contributed by atoms with Crippen LogP contribution in [-0.4, -0.2) is 24.0 Å². The number of nitrogens with one attached hydrogen (secondary N) is 3. The van der Waals surface area contributed by atoms with E-state index in [1.807, 2.05) is 30.3 Å². The molecule has 3 N–H and O–H groups in total. The fourth-order valence-electron chi connectivity index (χ4n) is 3.23. The first-order chi connectivity index (χ1) is 13.9. The molecule has 9 nitrogen and oxygen atoms in total. The summed E-state index contributed by atoms with van der Waals surface area (Å²) in [6, 6.07) is 11.9. The van der Waals surface area contributed by atoms with Crippen molar-refractivity contribution in [3.8, 4) is 5.75 Å². The number of methoxy groups -OCH3 is 1. The molecule has 1 aliphatic heterocycles. The second kappa shape index (κ2) is 8.42. The van der Waals surface area contributed by atoms with Crippen LogP contribution in [-0.2, 0) is 11.3 Å². The average Bonchev–Trinajstić information content (AvgIpc) is 2.71. The van der Waals surface area contributed by atoms with Gasteiger partial charge >= 0.3 is 6.03 Å². The summed E-state index contributed by atoms with van der Waals surface area (Å²) in [5.41, 5.74) is 1.24. The van der Waals surface area contributed by atoms with E-state index in [9.17, 15) is 19.7 Å². The van der Waals surface area contributed by atoms with Gasteiger partial charge in [-0.15, -0.1) is 0 Å². The molecule has 3 amide bonds. The van der Waals surface area contributed by atoms with Gasteiger partial charge in [-0.3, -0.25) is 14.9 Å². The Bertz CT molecular complexity index is 961. The summed E-state index contributed by atoms with van der Waals surface area (Å²) in [5, 5.41) is 19.2. The Balaban J connectivity index is 1.93. The van der Waals surface area contributed by atoms with Gasteiger partial charge in [0, 0.05) is 29.9 Å². The molecule has 1 aliphatic rings. The first-order valence-corrected chi connectivity index (χ1v) is 8.81. The SMILES string of the molecule is C=C1NC(=O)N[C@H](c2cc([N+](=O)[O-])ccc2OC)[C@H]1C(=O)NCc1ccccc1. The van der Waals surface area contributed by atoms with E-state index in [0.29, 0.717) is 11.3 Å². The van der Waals surface area contributed by atoms with E-state index in [4.69, 9.17) is 4.74 Å². The second-order valence-corrected chi connectivity index (χ2v) is 6.47. The smallest absolute Gasteiger partial charge is 0.319 e. The highest BCUT2D eigenvalue weighted by Gasteiger charge is 2.39. The lowest BCUT2D eigenvalue weighted by molar-refractivity contribution is -0.385. The van der Waals surface area contributed by atoms with Crippen LogP contribution in [0.5, 0.6) is 5.75 Å². The van der Waals surface area contributed by atoms with Crippen molar-refractivity contribution in [1.29, 1.82) is 0 Å². The number of nitrogens with zero attached hydrogens (tertiary/aromatic N) is 1. The molecule has 0 aromatic heterocycles. The molecule has 0 unspecified atom stereocenters. The fraction of sp³-hybridized carbons (Fsp3) is 0.200. The summed E-state index contributed by atoms with van der Waals surface area (Å²) >= 11 is 0. The monoisotopic (exact) mass is 396 g/mol. The number of nitro groups is 1. The Morgan fingerprint density at radius 2 is 2.00 bits per heavy atom. The number of hydrogen-bond acceptors (Lipinski definition) is 5. The predicted molar refractivity (Wildman–Crippen MR) is 105 cm³/mol. The van der Waals surface area contributed by atoms with Gasteiger partial charge in [-0.05, 0) is 11.6 Å². The number of carbonyl (C=O) groups excluding carboxylic acids is 2. The van der Waals surface area contributed by atoms with Crippen molar-refractivity contribution in [1.82, 2.24) is 16.0 Å². The minimum Gasteiger partial charge on any atom is -0.496 e. The van der Waals surface area contributed by atoms with E-state index < -0.39 is 22.9 Å². The number of urea groups is 1. The van der Waals surface area contributed by atoms with Crippen LogP contribution in [0.3, 0.4) is 0 Å². The molecule has 9 heteroatoms. The standard InChI is InChI=1S/C20H20N4O5/c1-12-17(19(25)21-11-13-6-4-3-5-7-13)18(23-20(26)22-12)15-10-14(24(27)28)8-9-16(15)29-2/h3-10,17-18H,1,11H2,2H3,(H,21,25)(H2,22,23,26)/t17-,18+/m0/s1. The maximum Gasteiger partial charge on any atom is 0.319 e. The van der Waals surface area contributed by atoms with Crippen LogP contribution in [0, 0.1) is 16.0 Å². The molecule has 0 saturated carbocycles. The number of carbonyl (C=O) groups is 2. The molecule has 2 aromatic rings. The molecule has 150 valence electrons. The number of nitro benzene ring substituents is 1. The van der Waals surface area contributed by atoms with E-state index in [0.717, 1.165) is 5.56 Å². The third kappa shape index (κ3) is 4.34. The first-order valence-electron chi connectivity index (χ1n) is 8.81. The summed E-state index contributed by atoms with van der Waals surface area (Å²) in [6.45, 7) is 4.09. The third-order valence-electron chi connectivity index (χ3n) is 4.62. The molecule has 0 bridgehead atoms. The summed E-state index contributed by atoms with van der Waals surface area (Å²) < 4.78 is 5.31. The number of ether oxygens (including phenoxy) is 1. The number of amides is 3. The van der Waals surface area contributed by atoms with Crippen molar-refractivity contribution in [2.24, 2.45) is 5.92 Å². The average molecular weight is 396 g/mol. The molecule has 1 heterocycles.